The number of aromatic nitrogens is 2. The van der Waals surface area contributed by atoms with Gasteiger partial charge in [0, 0.05) is 11.4 Å². The van der Waals surface area contributed by atoms with Crippen LogP contribution in [-0.2, 0) is 6.42 Å². The Morgan fingerprint density at radius 1 is 0.778 bits per heavy atom. The SMILES string of the molecule is Clc1ccc(Oc2ccc(CCOc3ncnc4ccccc34)cc2)cc1. The minimum atomic E-state index is 0.540. The van der Waals surface area contributed by atoms with Crippen LogP contribution in [0.1, 0.15) is 5.56 Å². The molecule has 27 heavy (non-hydrogen) atoms. The highest BCUT2D eigenvalue weighted by atomic mass is 35.5. The Morgan fingerprint density at radius 2 is 1.48 bits per heavy atom. The molecule has 4 nitrogen and oxygen atoms in total. The van der Waals surface area contributed by atoms with Gasteiger partial charge in [0.1, 0.15) is 17.8 Å². The van der Waals surface area contributed by atoms with E-state index in [0.717, 1.165) is 34.4 Å². The smallest absolute Gasteiger partial charge is 0.224 e. The van der Waals surface area contributed by atoms with Crippen LogP contribution in [0.5, 0.6) is 17.4 Å². The quantitative estimate of drug-likeness (QED) is 0.433. The number of hydrogen-bond acceptors (Lipinski definition) is 4. The molecule has 0 atom stereocenters. The minimum absolute atomic E-state index is 0.540. The van der Waals surface area contributed by atoms with Gasteiger partial charge in [-0.3, -0.25) is 0 Å². The van der Waals surface area contributed by atoms with Crippen LogP contribution in [0.3, 0.4) is 0 Å². The van der Waals surface area contributed by atoms with E-state index in [1.165, 1.54) is 6.33 Å². The molecule has 0 aliphatic carbocycles. The molecule has 4 aromatic rings. The van der Waals surface area contributed by atoms with Crippen molar-refractivity contribution in [1.82, 2.24) is 9.97 Å². The number of nitrogens with zero attached hydrogens (tertiary/aromatic N) is 2. The van der Waals surface area contributed by atoms with Crippen molar-refractivity contribution in [2.75, 3.05) is 6.61 Å². The monoisotopic (exact) mass is 376 g/mol. The predicted octanol–water partition coefficient (Wildman–Crippen LogP) is 5.70. The molecule has 0 unspecified atom stereocenters. The average molecular weight is 377 g/mol. The van der Waals surface area contributed by atoms with E-state index in [1.54, 1.807) is 12.1 Å². The largest absolute Gasteiger partial charge is 0.477 e. The molecular formula is C22H17ClN2O2. The summed E-state index contributed by atoms with van der Waals surface area (Å²) in [5, 5.41) is 1.61. The zero-order valence-corrected chi connectivity index (χ0v) is 15.3. The maximum atomic E-state index is 5.89. The summed E-state index contributed by atoms with van der Waals surface area (Å²) < 4.78 is 11.7. The molecule has 0 radical (unpaired) electrons. The van der Waals surface area contributed by atoms with Crippen LogP contribution in [0.4, 0.5) is 0 Å². The lowest BCUT2D eigenvalue weighted by Gasteiger charge is -2.09. The maximum Gasteiger partial charge on any atom is 0.224 e. The number of benzene rings is 3. The zero-order chi connectivity index (χ0) is 18.5. The van der Waals surface area contributed by atoms with Gasteiger partial charge >= 0.3 is 0 Å². The molecule has 0 aliphatic rings. The maximum absolute atomic E-state index is 5.89. The van der Waals surface area contributed by atoms with Gasteiger partial charge in [-0.15, -0.1) is 0 Å². The van der Waals surface area contributed by atoms with Gasteiger partial charge in [-0.25, -0.2) is 9.97 Å². The molecule has 4 rings (SSSR count). The first-order valence-electron chi connectivity index (χ1n) is 8.63. The number of ether oxygens (including phenoxy) is 2. The Kier molecular flexibility index (Phi) is 5.17. The first-order valence-corrected chi connectivity index (χ1v) is 9.01. The molecule has 0 saturated carbocycles. The van der Waals surface area contributed by atoms with Gasteiger partial charge in [-0.2, -0.15) is 0 Å². The van der Waals surface area contributed by atoms with E-state index in [2.05, 4.69) is 9.97 Å². The third-order valence-corrected chi connectivity index (χ3v) is 4.36. The topological polar surface area (TPSA) is 44.2 Å². The highest BCUT2D eigenvalue weighted by molar-refractivity contribution is 6.30. The van der Waals surface area contributed by atoms with Crippen LogP contribution in [0.2, 0.25) is 5.02 Å². The summed E-state index contributed by atoms with van der Waals surface area (Å²) in [5.41, 5.74) is 2.04. The number of rotatable bonds is 6. The highest BCUT2D eigenvalue weighted by Gasteiger charge is 2.04. The average Bonchev–Trinajstić information content (AvgIpc) is 2.71. The van der Waals surface area contributed by atoms with Crippen LogP contribution >= 0.6 is 11.6 Å². The molecule has 134 valence electrons. The number of para-hydroxylation sites is 1. The number of halogens is 1. The minimum Gasteiger partial charge on any atom is -0.477 e. The Hall–Kier alpha value is -3.11. The van der Waals surface area contributed by atoms with Gasteiger partial charge < -0.3 is 9.47 Å². The van der Waals surface area contributed by atoms with Gasteiger partial charge in [0.15, 0.2) is 0 Å². The molecule has 0 amide bonds. The van der Waals surface area contributed by atoms with E-state index in [-0.39, 0.29) is 0 Å². The second-order valence-electron chi connectivity index (χ2n) is 5.99. The summed E-state index contributed by atoms with van der Waals surface area (Å²) in [4.78, 5) is 8.49. The van der Waals surface area contributed by atoms with Crippen molar-refractivity contribution in [2.24, 2.45) is 0 Å². The predicted molar refractivity (Wildman–Crippen MR) is 107 cm³/mol. The summed E-state index contributed by atoms with van der Waals surface area (Å²) >= 11 is 5.89. The first kappa shape index (κ1) is 17.3. The third kappa shape index (κ3) is 4.36. The fourth-order valence-electron chi connectivity index (χ4n) is 2.72. The van der Waals surface area contributed by atoms with Gasteiger partial charge in [0.05, 0.1) is 17.5 Å². The van der Waals surface area contributed by atoms with E-state index < -0.39 is 0 Å². The lowest BCUT2D eigenvalue weighted by atomic mass is 10.1. The Balaban J connectivity index is 1.35. The van der Waals surface area contributed by atoms with Crippen LogP contribution in [0.25, 0.3) is 10.9 Å². The molecule has 0 N–H and O–H groups in total. The lowest BCUT2D eigenvalue weighted by Crippen LogP contribution is -2.03. The first-order chi connectivity index (χ1) is 13.3. The standard InChI is InChI=1S/C22H17ClN2O2/c23-17-7-11-19(12-8-17)27-18-9-5-16(6-10-18)13-14-26-22-20-3-1-2-4-21(20)24-15-25-22/h1-12,15H,13-14H2. The van der Waals surface area contributed by atoms with E-state index in [9.17, 15) is 0 Å². The van der Waals surface area contributed by atoms with Crippen molar-refractivity contribution in [2.45, 2.75) is 6.42 Å². The zero-order valence-electron chi connectivity index (χ0n) is 14.5. The molecule has 1 aromatic heterocycles. The lowest BCUT2D eigenvalue weighted by molar-refractivity contribution is 0.313. The normalized spacial score (nSPS) is 10.7. The molecule has 0 bridgehead atoms. The van der Waals surface area contributed by atoms with Gasteiger partial charge in [0.2, 0.25) is 5.88 Å². The van der Waals surface area contributed by atoms with Gasteiger partial charge in [0.25, 0.3) is 0 Å². The summed E-state index contributed by atoms with van der Waals surface area (Å²) in [7, 11) is 0. The van der Waals surface area contributed by atoms with E-state index in [4.69, 9.17) is 21.1 Å². The molecular weight excluding hydrogens is 360 g/mol. The number of hydrogen-bond donors (Lipinski definition) is 0. The van der Waals surface area contributed by atoms with E-state index >= 15 is 0 Å². The Bertz CT molecular complexity index is 1030. The summed E-state index contributed by atoms with van der Waals surface area (Å²) in [6.45, 7) is 0.540. The molecule has 3 aromatic carbocycles. The molecule has 0 saturated heterocycles. The molecule has 1 heterocycles. The van der Waals surface area contributed by atoms with Crippen molar-refractivity contribution < 1.29 is 9.47 Å². The fraction of sp³-hybridized carbons (Fsp3) is 0.0909. The second-order valence-corrected chi connectivity index (χ2v) is 6.43. The van der Waals surface area contributed by atoms with Crippen molar-refractivity contribution in [3.8, 4) is 17.4 Å². The summed E-state index contributed by atoms with van der Waals surface area (Å²) in [6, 6.07) is 23.1. The number of fused-ring (bicyclic) bond motifs is 1. The third-order valence-electron chi connectivity index (χ3n) is 4.11. The van der Waals surface area contributed by atoms with E-state index in [1.807, 2.05) is 60.7 Å². The fourth-order valence-corrected chi connectivity index (χ4v) is 2.85. The van der Waals surface area contributed by atoms with Crippen molar-refractivity contribution in [3.63, 3.8) is 0 Å². The van der Waals surface area contributed by atoms with Gasteiger partial charge in [-0.05, 0) is 54.1 Å². The molecule has 0 aliphatic heterocycles. The Labute approximate surface area is 162 Å². The molecule has 5 heteroatoms. The van der Waals surface area contributed by atoms with Crippen LogP contribution < -0.4 is 9.47 Å². The Morgan fingerprint density at radius 3 is 2.26 bits per heavy atom. The highest BCUT2D eigenvalue weighted by Crippen LogP contribution is 2.24. The van der Waals surface area contributed by atoms with Crippen LogP contribution in [0, 0.1) is 0 Å². The van der Waals surface area contributed by atoms with Crippen molar-refractivity contribution >= 4 is 22.5 Å². The van der Waals surface area contributed by atoms with Crippen LogP contribution in [-0.4, -0.2) is 16.6 Å². The van der Waals surface area contributed by atoms with Gasteiger partial charge in [-0.1, -0.05) is 35.9 Å². The van der Waals surface area contributed by atoms with Crippen molar-refractivity contribution in [3.05, 3.63) is 89.7 Å². The summed E-state index contributed by atoms with van der Waals surface area (Å²) in [5.74, 6) is 2.15. The summed E-state index contributed by atoms with van der Waals surface area (Å²) in [6.07, 6.45) is 2.31. The van der Waals surface area contributed by atoms with Crippen molar-refractivity contribution in [1.29, 1.82) is 0 Å². The van der Waals surface area contributed by atoms with Crippen LogP contribution in [0.15, 0.2) is 79.1 Å². The molecule has 0 fully saturated rings. The van der Waals surface area contributed by atoms with E-state index in [0.29, 0.717) is 17.5 Å². The second kappa shape index (κ2) is 8.06. The molecule has 0 spiro atoms.